The summed E-state index contributed by atoms with van der Waals surface area (Å²) in [4.78, 5) is 30.7. The van der Waals surface area contributed by atoms with Crippen LogP contribution < -0.4 is 20.4 Å². The van der Waals surface area contributed by atoms with E-state index >= 15 is 0 Å². The van der Waals surface area contributed by atoms with Gasteiger partial charge in [-0.2, -0.15) is 8.42 Å². The highest BCUT2D eigenvalue weighted by Crippen LogP contribution is 2.26. The van der Waals surface area contributed by atoms with Crippen molar-refractivity contribution in [2.45, 2.75) is 45.0 Å². The van der Waals surface area contributed by atoms with Crippen molar-refractivity contribution in [1.29, 1.82) is 0 Å². The maximum absolute atomic E-state index is 13.3. The molecule has 0 bridgehead atoms. The molecule has 0 saturated heterocycles. The lowest BCUT2D eigenvalue weighted by Gasteiger charge is -2.20. The summed E-state index contributed by atoms with van der Waals surface area (Å²) in [5, 5.41) is 5.83. The summed E-state index contributed by atoms with van der Waals surface area (Å²) in [6, 6.07) is 5.14. The van der Waals surface area contributed by atoms with Gasteiger partial charge >= 0.3 is 10.1 Å². The Morgan fingerprint density at radius 2 is 1.97 bits per heavy atom. The lowest BCUT2D eigenvalue weighted by Crippen LogP contribution is -2.37. The number of carbonyl (C=O) groups excluding carboxylic acids is 1. The number of halogens is 1. The molecule has 0 spiro atoms. The monoisotopic (exact) mass is 482 g/mol. The van der Waals surface area contributed by atoms with E-state index in [2.05, 4.69) is 15.6 Å². The lowest BCUT2D eigenvalue weighted by atomic mass is 10.1. The van der Waals surface area contributed by atoms with Gasteiger partial charge in [-0.1, -0.05) is 19.1 Å². The fraction of sp³-hybridized carbons (Fsp3) is 0.476. The second-order valence-corrected chi connectivity index (χ2v) is 9.28. The Hall–Kier alpha value is -2.83. The molecule has 12 heteroatoms. The molecular weight excluding hydrogens is 455 g/mol. The molecule has 1 aliphatic rings. The number of aromatic nitrogens is 2. The first-order valence-electron chi connectivity index (χ1n) is 10.5. The smallest absolute Gasteiger partial charge is 0.306 e. The largest absolute Gasteiger partial charge is 0.380 e. The van der Waals surface area contributed by atoms with E-state index in [9.17, 15) is 22.4 Å². The molecule has 0 unspecified atom stereocenters. The molecule has 0 radical (unpaired) electrons. The van der Waals surface area contributed by atoms with Crippen molar-refractivity contribution >= 4 is 16.0 Å². The van der Waals surface area contributed by atoms with Gasteiger partial charge in [-0.05, 0) is 37.1 Å². The molecule has 1 aromatic carbocycles. The molecule has 0 fully saturated rings. The van der Waals surface area contributed by atoms with Crippen LogP contribution in [-0.2, 0) is 27.9 Å². The first kappa shape index (κ1) is 24.8. The second-order valence-electron chi connectivity index (χ2n) is 7.71. The number of amides is 1. The number of ether oxygens (including phenoxy) is 1. The topological polar surface area (TPSA) is 129 Å². The molecule has 2 heterocycles. The number of rotatable bonds is 8. The fourth-order valence-corrected chi connectivity index (χ4v) is 4.11. The number of methoxy groups -OCH3 is 1. The van der Waals surface area contributed by atoms with Crippen LogP contribution >= 0.6 is 0 Å². The molecule has 1 aliphatic heterocycles. The van der Waals surface area contributed by atoms with Crippen molar-refractivity contribution in [3.8, 4) is 5.75 Å². The Labute approximate surface area is 191 Å². The van der Waals surface area contributed by atoms with Crippen molar-refractivity contribution in [1.82, 2.24) is 20.2 Å². The number of hydrogen-bond donors (Lipinski definition) is 2. The third-order valence-corrected chi connectivity index (χ3v) is 5.70. The Morgan fingerprint density at radius 1 is 1.27 bits per heavy atom. The molecule has 2 N–H and O–H groups in total. The SMILES string of the molecule is CCN[C@@H]1CC[C@H](OC)Cn2c1nc(C(=O)NCc1ccc(F)cc1)c(OS(C)(=O)=O)c2=O. The minimum atomic E-state index is -4.13. The average Bonchev–Trinajstić information content (AvgIpc) is 2.94. The van der Waals surface area contributed by atoms with Crippen LogP contribution in [0.3, 0.4) is 0 Å². The van der Waals surface area contributed by atoms with E-state index < -0.39 is 38.8 Å². The van der Waals surface area contributed by atoms with Gasteiger partial charge in [0.1, 0.15) is 11.6 Å². The van der Waals surface area contributed by atoms with Crippen molar-refractivity contribution < 1.29 is 26.5 Å². The summed E-state index contributed by atoms with van der Waals surface area (Å²) in [7, 11) is -2.60. The zero-order chi connectivity index (χ0) is 24.2. The highest BCUT2D eigenvalue weighted by molar-refractivity contribution is 7.86. The van der Waals surface area contributed by atoms with Crippen LogP contribution in [0.1, 0.15) is 47.7 Å². The van der Waals surface area contributed by atoms with Gasteiger partial charge < -0.3 is 19.6 Å². The molecular formula is C21H27FN4O6S. The zero-order valence-corrected chi connectivity index (χ0v) is 19.4. The Bertz CT molecular complexity index is 1170. The minimum Gasteiger partial charge on any atom is -0.380 e. The molecule has 1 aromatic heterocycles. The Morgan fingerprint density at radius 3 is 2.58 bits per heavy atom. The maximum Gasteiger partial charge on any atom is 0.306 e. The van der Waals surface area contributed by atoms with Crippen LogP contribution in [0.25, 0.3) is 0 Å². The second kappa shape index (κ2) is 10.4. The molecule has 1 amide bonds. The molecule has 180 valence electrons. The van der Waals surface area contributed by atoms with Crippen molar-refractivity contribution in [3.63, 3.8) is 0 Å². The van der Waals surface area contributed by atoms with Gasteiger partial charge in [0, 0.05) is 13.7 Å². The van der Waals surface area contributed by atoms with E-state index in [-0.39, 0.29) is 25.2 Å². The number of carbonyl (C=O) groups is 1. The quantitative estimate of drug-likeness (QED) is 0.536. The van der Waals surface area contributed by atoms with Gasteiger partial charge in [0.25, 0.3) is 11.5 Å². The average molecular weight is 483 g/mol. The van der Waals surface area contributed by atoms with Gasteiger partial charge in [-0.25, -0.2) is 9.37 Å². The predicted octanol–water partition coefficient (Wildman–Crippen LogP) is 1.11. The summed E-state index contributed by atoms with van der Waals surface area (Å²) in [5.74, 6) is -1.58. The number of nitrogens with zero attached hydrogens (tertiary/aromatic N) is 2. The van der Waals surface area contributed by atoms with Gasteiger partial charge in [-0.3, -0.25) is 14.2 Å². The Balaban J connectivity index is 2.06. The summed E-state index contributed by atoms with van der Waals surface area (Å²) < 4.78 is 48.5. The number of fused-ring (bicyclic) bond motifs is 1. The summed E-state index contributed by atoms with van der Waals surface area (Å²) in [6.07, 6.45) is 1.71. The van der Waals surface area contributed by atoms with E-state index in [1.54, 1.807) is 0 Å². The molecule has 0 saturated carbocycles. The fourth-order valence-electron chi connectivity index (χ4n) is 3.65. The van der Waals surface area contributed by atoms with Crippen LogP contribution in [0.5, 0.6) is 5.75 Å². The molecule has 10 nitrogen and oxygen atoms in total. The minimum absolute atomic E-state index is 0.0138. The van der Waals surface area contributed by atoms with Crippen LogP contribution in [0.2, 0.25) is 0 Å². The Kier molecular flexibility index (Phi) is 7.82. The van der Waals surface area contributed by atoms with E-state index in [0.29, 0.717) is 30.8 Å². The molecule has 0 aliphatic carbocycles. The summed E-state index contributed by atoms with van der Waals surface area (Å²) >= 11 is 0. The van der Waals surface area contributed by atoms with Crippen LogP contribution in [-0.4, -0.2) is 49.9 Å². The standard InChI is InChI=1S/C21H27FN4O6S/c1-4-23-16-10-9-15(31-2)12-26-19(16)25-17(18(21(26)28)32-33(3,29)30)20(27)24-11-13-5-7-14(22)8-6-13/h5-8,15-16,23H,4,9-12H2,1-3H3,(H,24,27)/t15-,16+/m0/s1. The summed E-state index contributed by atoms with van der Waals surface area (Å²) in [6.45, 7) is 2.64. The lowest BCUT2D eigenvalue weighted by molar-refractivity contribution is 0.0808. The van der Waals surface area contributed by atoms with Crippen LogP contribution in [0.4, 0.5) is 4.39 Å². The summed E-state index contributed by atoms with van der Waals surface area (Å²) in [5.41, 5.74) is -0.614. The number of nitrogens with one attached hydrogen (secondary N) is 2. The highest BCUT2D eigenvalue weighted by Gasteiger charge is 2.31. The molecule has 33 heavy (non-hydrogen) atoms. The van der Waals surface area contributed by atoms with E-state index in [1.165, 1.54) is 35.9 Å². The van der Waals surface area contributed by atoms with Gasteiger partial charge in [0.2, 0.25) is 5.75 Å². The first-order valence-corrected chi connectivity index (χ1v) is 12.3. The molecule has 3 rings (SSSR count). The number of benzene rings is 1. The van der Waals surface area contributed by atoms with E-state index in [1.807, 2.05) is 6.92 Å². The predicted molar refractivity (Wildman–Crippen MR) is 118 cm³/mol. The van der Waals surface area contributed by atoms with Crippen molar-refractivity contribution in [2.24, 2.45) is 0 Å². The maximum atomic E-state index is 13.3. The van der Waals surface area contributed by atoms with Crippen LogP contribution in [0, 0.1) is 5.82 Å². The van der Waals surface area contributed by atoms with Crippen LogP contribution in [0.15, 0.2) is 29.1 Å². The normalized spacial score (nSPS) is 18.3. The molecule has 2 atom stereocenters. The number of hydrogen-bond acceptors (Lipinski definition) is 8. The third kappa shape index (κ3) is 6.15. The van der Waals surface area contributed by atoms with Crippen molar-refractivity contribution in [2.75, 3.05) is 19.9 Å². The first-order chi connectivity index (χ1) is 15.6. The van der Waals surface area contributed by atoms with E-state index in [4.69, 9.17) is 8.92 Å². The van der Waals surface area contributed by atoms with Crippen molar-refractivity contribution in [3.05, 3.63) is 57.5 Å². The van der Waals surface area contributed by atoms with Gasteiger partial charge in [0.15, 0.2) is 5.69 Å². The van der Waals surface area contributed by atoms with Gasteiger partial charge in [0.05, 0.1) is 24.9 Å². The highest BCUT2D eigenvalue weighted by atomic mass is 32.2. The van der Waals surface area contributed by atoms with Gasteiger partial charge in [-0.15, -0.1) is 0 Å². The zero-order valence-electron chi connectivity index (χ0n) is 18.6. The molecule has 2 aromatic rings. The van der Waals surface area contributed by atoms with E-state index in [0.717, 1.165) is 6.26 Å². The third-order valence-electron chi connectivity index (χ3n) is 5.23.